The second kappa shape index (κ2) is 6.60. The Morgan fingerprint density at radius 1 is 1.12 bits per heavy atom. The molecule has 0 saturated heterocycles. The zero-order valence-electron chi connectivity index (χ0n) is 10.5. The van der Waals surface area contributed by atoms with Crippen molar-refractivity contribution >= 4 is 18.3 Å². The number of carbonyl (C=O) groups is 1. The number of halogens is 1. The lowest BCUT2D eigenvalue weighted by molar-refractivity contribution is -0.125. The summed E-state index contributed by atoms with van der Waals surface area (Å²) in [7, 11) is 0. The summed E-state index contributed by atoms with van der Waals surface area (Å²) in [6, 6.07) is 0. The topological polar surface area (TPSA) is 55.1 Å². The predicted octanol–water partition coefficient (Wildman–Crippen LogP) is 2.38. The van der Waals surface area contributed by atoms with E-state index in [9.17, 15) is 4.79 Å². The Bertz CT molecular complexity index is 246. The monoisotopic (exact) mass is 260 g/mol. The first-order chi connectivity index (χ1) is 7.70. The van der Waals surface area contributed by atoms with E-state index in [1.54, 1.807) is 0 Å². The lowest BCUT2D eigenvalue weighted by Gasteiger charge is -2.33. The Kier molecular flexibility index (Phi) is 5.74. The van der Waals surface area contributed by atoms with Crippen LogP contribution in [0.1, 0.15) is 57.8 Å². The molecule has 2 aliphatic carbocycles. The van der Waals surface area contributed by atoms with Gasteiger partial charge in [-0.2, -0.15) is 0 Å². The van der Waals surface area contributed by atoms with Crippen molar-refractivity contribution < 1.29 is 4.79 Å². The van der Waals surface area contributed by atoms with Crippen molar-refractivity contribution in [3.05, 3.63) is 0 Å². The molecule has 0 spiro atoms. The van der Waals surface area contributed by atoms with Crippen LogP contribution in [-0.4, -0.2) is 18.0 Å². The van der Waals surface area contributed by atoms with Crippen molar-refractivity contribution in [3.63, 3.8) is 0 Å². The van der Waals surface area contributed by atoms with Gasteiger partial charge in [-0.1, -0.05) is 32.1 Å². The molecule has 0 bridgehead atoms. The fourth-order valence-electron chi connectivity index (χ4n) is 3.03. The summed E-state index contributed by atoms with van der Waals surface area (Å²) in [6.07, 6.45) is 10.4. The van der Waals surface area contributed by atoms with Gasteiger partial charge in [0.05, 0.1) is 0 Å². The van der Waals surface area contributed by atoms with Gasteiger partial charge in [0.25, 0.3) is 0 Å². The summed E-state index contributed by atoms with van der Waals surface area (Å²) in [5, 5.41) is 3.07. The Hall–Kier alpha value is -0.280. The van der Waals surface area contributed by atoms with Gasteiger partial charge in [0, 0.05) is 18.0 Å². The number of hydrogen-bond donors (Lipinski definition) is 2. The molecule has 2 aliphatic rings. The molecule has 2 saturated carbocycles. The number of rotatable bonds is 3. The van der Waals surface area contributed by atoms with Gasteiger partial charge in [-0.3, -0.25) is 4.79 Å². The second-order valence-electron chi connectivity index (χ2n) is 5.62. The van der Waals surface area contributed by atoms with Crippen LogP contribution in [0.3, 0.4) is 0 Å². The largest absolute Gasteiger partial charge is 0.354 e. The van der Waals surface area contributed by atoms with Crippen molar-refractivity contribution in [2.24, 2.45) is 11.7 Å². The van der Waals surface area contributed by atoms with Gasteiger partial charge in [0.1, 0.15) is 0 Å². The van der Waals surface area contributed by atoms with E-state index in [-0.39, 0.29) is 29.8 Å². The van der Waals surface area contributed by atoms with Crippen LogP contribution in [0.15, 0.2) is 0 Å². The molecular weight excluding hydrogens is 236 g/mol. The van der Waals surface area contributed by atoms with Gasteiger partial charge >= 0.3 is 0 Å². The van der Waals surface area contributed by atoms with Crippen LogP contribution in [0, 0.1) is 5.92 Å². The van der Waals surface area contributed by atoms with Crippen LogP contribution in [0.25, 0.3) is 0 Å². The predicted molar refractivity (Wildman–Crippen MR) is 72.2 cm³/mol. The van der Waals surface area contributed by atoms with Gasteiger partial charge in [-0.15, -0.1) is 12.4 Å². The summed E-state index contributed by atoms with van der Waals surface area (Å²) in [5.74, 6) is 0.514. The molecule has 1 amide bonds. The minimum atomic E-state index is -0.119. The van der Waals surface area contributed by atoms with Gasteiger partial charge in [0.2, 0.25) is 5.91 Å². The van der Waals surface area contributed by atoms with E-state index in [0.29, 0.717) is 6.54 Å². The molecule has 17 heavy (non-hydrogen) atoms. The number of nitrogens with two attached hydrogens (primary N) is 1. The summed E-state index contributed by atoms with van der Waals surface area (Å²) in [4.78, 5) is 11.9. The van der Waals surface area contributed by atoms with E-state index in [1.165, 1.54) is 32.1 Å². The van der Waals surface area contributed by atoms with E-state index < -0.39 is 0 Å². The zero-order chi connectivity index (χ0) is 11.4. The van der Waals surface area contributed by atoms with E-state index in [0.717, 1.165) is 25.7 Å². The van der Waals surface area contributed by atoms with Gasteiger partial charge < -0.3 is 11.1 Å². The van der Waals surface area contributed by atoms with E-state index in [1.807, 2.05) is 0 Å². The molecule has 3 nitrogen and oxygen atoms in total. The number of nitrogens with one attached hydrogen (secondary N) is 1. The highest BCUT2D eigenvalue weighted by atomic mass is 35.5. The molecule has 0 aromatic rings. The fraction of sp³-hybridized carbons (Fsp3) is 0.923. The molecule has 0 heterocycles. The van der Waals surface area contributed by atoms with Crippen LogP contribution in [-0.2, 0) is 4.79 Å². The van der Waals surface area contributed by atoms with Crippen LogP contribution in [0.4, 0.5) is 0 Å². The first-order valence-electron chi connectivity index (χ1n) is 6.76. The molecule has 0 aromatic carbocycles. The standard InChI is InChI=1S/C13H24N2O.ClH/c14-13(8-4-1-5-9-13)10-15-12(16)11-6-2-3-7-11;/h11H,1-10,14H2,(H,15,16);1H. The lowest BCUT2D eigenvalue weighted by atomic mass is 9.82. The van der Waals surface area contributed by atoms with Crippen LogP contribution in [0.5, 0.6) is 0 Å². The maximum Gasteiger partial charge on any atom is 0.223 e. The van der Waals surface area contributed by atoms with Gasteiger partial charge in [0.15, 0.2) is 0 Å². The molecule has 0 radical (unpaired) electrons. The highest BCUT2D eigenvalue weighted by molar-refractivity contribution is 5.85. The fourth-order valence-corrected chi connectivity index (χ4v) is 3.03. The lowest BCUT2D eigenvalue weighted by Crippen LogP contribution is -2.52. The average molecular weight is 261 g/mol. The Balaban J connectivity index is 0.00000144. The highest BCUT2D eigenvalue weighted by Crippen LogP contribution is 2.27. The molecule has 0 unspecified atom stereocenters. The third-order valence-corrected chi connectivity index (χ3v) is 4.19. The first-order valence-corrected chi connectivity index (χ1v) is 6.76. The number of carbonyl (C=O) groups excluding carboxylic acids is 1. The van der Waals surface area contributed by atoms with E-state index in [2.05, 4.69) is 5.32 Å². The molecular formula is C13H25ClN2O. The van der Waals surface area contributed by atoms with Crippen molar-refractivity contribution in [3.8, 4) is 0 Å². The van der Waals surface area contributed by atoms with Crippen LogP contribution < -0.4 is 11.1 Å². The molecule has 0 aromatic heterocycles. The van der Waals surface area contributed by atoms with Crippen LogP contribution >= 0.6 is 12.4 Å². The first kappa shape index (κ1) is 14.8. The third-order valence-electron chi connectivity index (χ3n) is 4.19. The highest BCUT2D eigenvalue weighted by Gasteiger charge is 2.29. The van der Waals surface area contributed by atoms with Crippen molar-refractivity contribution in [1.29, 1.82) is 0 Å². The second-order valence-corrected chi connectivity index (χ2v) is 5.62. The summed E-state index contributed by atoms with van der Waals surface area (Å²) >= 11 is 0. The normalized spacial score (nSPS) is 24.1. The maximum atomic E-state index is 11.9. The molecule has 0 aliphatic heterocycles. The maximum absolute atomic E-state index is 11.9. The number of amides is 1. The minimum Gasteiger partial charge on any atom is -0.354 e. The molecule has 3 N–H and O–H groups in total. The Morgan fingerprint density at radius 2 is 1.71 bits per heavy atom. The summed E-state index contributed by atoms with van der Waals surface area (Å²) in [6.45, 7) is 0.683. The Morgan fingerprint density at radius 3 is 2.29 bits per heavy atom. The smallest absolute Gasteiger partial charge is 0.223 e. The molecule has 2 rings (SSSR count). The summed E-state index contributed by atoms with van der Waals surface area (Å²) < 4.78 is 0. The molecule has 0 atom stereocenters. The SMILES string of the molecule is Cl.NC1(CNC(=O)C2CCCC2)CCCCC1. The number of hydrogen-bond acceptors (Lipinski definition) is 2. The van der Waals surface area contributed by atoms with Crippen molar-refractivity contribution in [2.45, 2.75) is 63.3 Å². The van der Waals surface area contributed by atoms with Gasteiger partial charge in [-0.05, 0) is 25.7 Å². The van der Waals surface area contributed by atoms with E-state index >= 15 is 0 Å². The quantitative estimate of drug-likeness (QED) is 0.819. The molecule has 4 heteroatoms. The zero-order valence-corrected chi connectivity index (χ0v) is 11.4. The molecule has 100 valence electrons. The van der Waals surface area contributed by atoms with Crippen molar-refractivity contribution in [1.82, 2.24) is 5.32 Å². The Labute approximate surface area is 110 Å². The van der Waals surface area contributed by atoms with Gasteiger partial charge in [-0.25, -0.2) is 0 Å². The summed E-state index contributed by atoms with van der Waals surface area (Å²) in [5.41, 5.74) is 6.17. The van der Waals surface area contributed by atoms with Crippen molar-refractivity contribution in [2.75, 3.05) is 6.54 Å². The third kappa shape index (κ3) is 4.14. The minimum absolute atomic E-state index is 0. The van der Waals surface area contributed by atoms with Crippen LogP contribution in [0.2, 0.25) is 0 Å². The molecule has 2 fully saturated rings. The average Bonchev–Trinajstić information content (AvgIpc) is 2.80. The van der Waals surface area contributed by atoms with E-state index in [4.69, 9.17) is 5.73 Å².